The number of hydrogen-bond acceptors (Lipinski definition) is 3. The van der Waals surface area contributed by atoms with Crippen molar-refractivity contribution in [3.05, 3.63) is 346 Å². The van der Waals surface area contributed by atoms with Gasteiger partial charge in [0, 0.05) is 42.6 Å². The fourth-order valence-corrected chi connectivity index (χ4v) is 19.7. The first-order chi connectivity index (χ1) is 41.3. The smallest absolute Gasteiger partial charge is 0.455 e. The van der Waals surface area contributed by atoms with Gasteiger partial charge in [-0.25, -0.2) is 0 Å². The summed E-state index contributed by atoms with van der Waals surface area (Å²) in [6, 6.07) is 118. The predicted molar refractivity (Wildman–Crippen MR) is 373 cm³/mol. The van der Waals surface area contributed by atoms with Crippen LogP contribution in [0.3, 0.4) is 0 Å². The molecule has 0 spiro atoms. The Kier molecular flexibility index (Phi) is 19.3. The Balaban J connectivity index is 0.000000254. The number of furan rings is 1. The fraction of sp³-hybridized carbons (Fsp3) is 0.0759. The fourth-order valence-electron chi connectivity index (χ4n) is 12.4. The third kappa shape index (κ3) is 11.7. The second kappa shape index (κ2) is 27.3. The van der Waals surface area contributed by atoms with Gasteiger partial charge in [0.2, 0.25) is 0 Å². The van der Waals surface area contributed by atoms with E-state index in [0.717, 1.165) is 43.9 Å². The topological polar surface area (TPSA) is 37.9 Å². The van der Waals surface area contributed by atoms with E-state index in [2.05, 4.69) is 355 Å². The molecule has 0 aliphatic heterocycles. The van der Waals surface area contributed by atoms with Crippen LogP contribution in [0.15, 0.2) is 341 Å². The van der Waals surface area contributed by atoms with Gasteiger partial charge in [0.25, 0.3) is 0 Å². The molecule has 0 bridgehead atoms. The minimum Gasteiger partial charge on any atom is -0.455 e. The summed E-state index contributed by atoms with van der Waals surface area (Å²) in [6.45, 7) is 8.93. The maximum absolute atomic E-state index is 7.52. The molecule has 0 aliphatic rings. The third-order valence-corrected chi connectivity index (χ3v) is 23.9. The van der Waals surface area contributed by atoms with Crippen LogP contribution < -0.4 is 53.7 Å². The first-order valence-corrected chi connectivity index (χ1v) is 32.8. The van der Waals surface area contributed by atoms with E-state index >= 15 is 0 Å². The zero-order chi connectivity index (χ0) is 57.4. The number of benzene rings is 12. The molecule has 86 heavy (non-hydrogen) atoms. The van der Waals surface area contributed by atoms with Gasteiger partial charge in [-0.3, -0.25) is 9.49 Å². The SMILES string of the molecule is CC(C)c1ccc(N=P(c2ccccc2)(c2ccccc2)c2cccc3c2oc2c(P(=Nc4ccc(C(C)C)cc4)(c4ccccc4)c4ccccc4)cccc23)cc1.[CH3-].[Zn+2].c1ccc([B-](c2ccccc2)(c2ccccc2)c2ccccc2)cc1. The van der Waals surface area contributed by atoms with E-state index in [4.69, 9.17) is 13.9 Å². The van der Waals surface area contributed by atoms with Crippen molar-refractivity contribution in [1.82, 2.24) is 0 Å². The summed E-state index contributed by atoms with van der Waals surface area (Å²) in [4.78, 5) is 0. The first-order valence-electron chi connectivity index (χ1n) is 29.3. The molecular formula is C79H71BN2OP2Zn. The third-order valence-electron chi connectivity index (χ3n) is 16.5. The molecular weight excluding hydrogens is 1130 g/mol. The summed E-state index contributed by atoms with van der Waals surface area (Å²) in [6.07, 6.45) is -1.22. The van der Waals surface area contributed by atoms with Crippen LogP contribution >= 0.6 is 14.1 Å². The molecule has 0 atom stereocenters. The van der Waals surface area contributed by atoms with Crippen molar-refractivity contribution < 1.29 is 23.9 Å². The monoisotopic (exact) mass is 1200 g/mol. The Hall–Kier alpha value is -8.41. The number of nitrogens with zero attached hydrogens (tertiary/aromatic N) is 2. The normalized spacial score (nSPS) is 11.5. The van der Waals surface area contributed by atoms with Crippen molar-refractivity contribution in [1.29, 1.82) is 0 Å². The average molecular weight is 1200 g/mol. The molecule has 0 saturated carbocycles. The zero-order valence-electron chi connectivity index (χ0n) is 49.8. The van der Waals surface area contributed by atoms with Crippen molar-refractivity contribution in [3.63, 3.8) is 0 Å². The Bertz CT molecular complexity index is 3940. The minimum atomic E-state index is -2.74. The maximum atomic E-state index is 7.52. The maximum Gasteiger partial charge on any atom is 2.00 e. The molecule has 3 nitrogen and oxygen atoms in total. The molecule has 0 N–H and O–H groups in total. The van der Waals surface area contributed by atoms with Crippen LogP contribution in [0.2, 0.25) is 0 Å². The molecule has 0 fully saturated rings. The molecule has 13 rings (SSSR count). The van der Waals surface area contributed by atoms with Crippen LogP contribution in [-0.2, 0) is 19.5 Å². The van der Waals surface area contributed by atoms with E-state index in [1.54, 1.807) is 0 Å². The molecule has 12 aromatic carbocycles. The average Bonchev–Trinajstić information content (AvgIpc) is 1.42. The molecule has 1 heterocycles. The number of rotatable bonds is 14. The van der Waals surface area contributed by atoms with Crippen molar-refractivity contribution >= 4 is 107 Å². The molecule has 13 aromatic rings. The Morgan fingerprint density at radius 3 is 0.779 bits per heavy atom. The van der Waals surface area contributed by atoms with Crippen LogP contribution in [0.25, 0.3) is 21.9 Å². The van der Waals surface area contributed by atoms with Crippen LogP contribution in [0.4, 0.5) is 11.4 Å². The summed E-state index contributed by atoms with van der Waals surface area (Å²) in [5, 5.41) is 9.00. The number of hydrogen-bond donors (Lipinski definition) is 0. The summed E-state index contributed by atoms with van der Waals surface area (Å²) in [5.74, 6) is 0.858. The van der Waals surface area contributed by atoms with E-state index < -0.39 is 20.3 Å². The molecule has 7 heteroatoms. The van der Waals surface area contributed by atoms with Gasteiger partial charge in [-0.05, 0) is 59.4 Å². The zero-order valence-corrected chi connectivity index (χ0v) is 54.6. The molecule has 0 aliphatic carbocycles. The quantitative estimate of drug-likeness (QED) is 0.0607. The van der Waals surface area contributed by atoms with Gasteiger partial charge < -0.3 is 11.8 Å². The molecule has 418 valence electrons. The van der Waals surface area contributed by atoms with Gasteiger partial charge in [0.05, 0.1) is 25.5 Å². The summed E-state index contributed by atoms with van der Waals surface area (Å²) >= 11 is 0. The standard InChI is InChI=1S/C54H48N2OP2.C24H20B.CH3.Zn/c1-39(2)41-31-35-43(36-32-41)55-58(45-19-9-5-10-20-45,46-21-11-6-12-22-46)51-29-17-27-49-50-28-18-30-52(54(50)57-53(49)51)59(47-23-13-7-14-24-47,48-25-15-8-16-26-48)56-44-37-33-42(34-38-44)40(3)4;1-5-13-21(14-6-1)25(22-15-7-2-8-16-22,23-17-9-3-10-18-23)24-19-11-4-12-20-24;;/h5-40H,1-4H3;1-20H;1H3;/q;2*-1;+2. The van der Waals surface area contributed by atoms with Crippen molar-refractivity contribution in [2.24, 2.45) is 9.49 Å². The van der Waals surface area contributed by atoms with E-state index in [1.165, 1.54) is 54.2 Å². The number of para-hydroxylation sites is 2. The Labute approximate surface area is 522 Å². The van der Waals surface area contributed by atoms with Gasteiger partial charge in [0.1, 0.15) is 17.3 Å². The van der Waals surface area contributed by atoms with Gasteiger partial charge in [-0.2, -0.15) is 21.9 Å². The molecule has 0 saturated heterocycles. The van der Waals surface area contributed by atoms with Crippen LogP contribution in [0.1, 0.15) is 50.7 Å². The van der Waals surface area contributed by atoms with Crippen LogP contribution in [0.5, 0.6) is 0 Å². The predicted octanol–water partition coefficient (Wildman–Crippen LogP) is 17.0. The molecule has 1 aromatic heterocycles. The first kappa shape index (κ1) is 60.7. The molecule has 0 unspecified atom stereocenters. The van der Waals surface area contributed by atoms with Gasteiger partial charge >= 0.3 is 19.5 Å². The van der Waals surface area contributed by atoms with Gasteiger partial charge in [-0.1, -0.05) is 319 Å². The van der Waals surface area contributed by atoms with Gasteiger partial charge in [0.15, 0.2) is 0 Å². The Morgan fingerprint density at radius 1 is 0.291 bits per heavy atom. The van der Waals surface area contributed by atoms with Gasteiger partial charge in [-0.15, -0.1) is 0 Å². The summed E-state index contributed by atoms with van der Waals surface area (Å²) in [5.41, 5.74) is 11.6. The minimum absolute atomic E-state index is 0. The Morgan fingerprint density at radius 2 is 0.535 bits per heavy atom. The second-order valence-electron chi connectivity index (χ2n) is 22.2. The van der Waals surface area contributed by atoms with E-state index in [1.807, 2.05) is 0 Å². The number of fused-ring (bicyclic) bond motifs is 3. The van der Waals surface area contributed by atoms with Crippen molar-refractivity contribution in [2.45, 2.75) is 39.5 Å². The van der Waals surface area contributed by atoms with E-state index in [-0.39, 0.29) is 26.9 Å². The largest absolute Gasteiger partial charge is 2.00 e. The van der Waals surface area contributed by atoms with Crippen molar-refractivity contribution in [3.8, 4) is 0 Å². The summed E-state index contributed by atoms with van der Waals surface area (Å²) < 4.78 is 19.3. The van der Waals surface area contributed by atoms with Crippen molar-refractivity contribution in [2.75, 3.05) is 0 Å². The molecule has 0 amide bonds. The van der Waals surface area contributed by atoms with Crippen LogP contribution in [0, 0.1) is 7.43 Å². The van der Waals surface area contributed by atoms with E-state index in [0.29, 0.717) is 11.8 Å². The molecule has 0 radical (unpaired) electrons. The second-order valence-corrected chi connectivity index (χ2v) is 28.2. The van der Waals surface area contributed by atoms with E-state index in [9.17, 15) is 0 Å². The summed E-state index contributed by atoms with van der Waals surface area (Å²) in [7, 11) is -5.48. The van der Waals surface area contributed by atoms with Crippen LogP contribution in [-0.4, -0.2) is 6.15 Å².